The minimum absolute atomic E-state index is 0.0153. The Morgan fingerprint density at radius 3 is 2.31 bits per heavy atom. The van der Waals surface area contributed by atoms with Crippen molar-refractivity contribution in [1.29, 1.82) is 0 Å². The predicted octanol–water partition coefficient (Wildman–Crippen LogP) is 3.07. The largest absolute Gasteiger partial charge is 0.494 e. The number of benzene rings is 1. The van der Waals surface area contributed by atoms with Gasteiger partial charge in [-0.15, -0.1) is 0 Å². The summed E-state index contributed by atoms with van der Waals surface area (Å²) in [6.45, 7) is 0.466. The van der Waals surface area contributed by atoms with Crippen molar-refractivity contribution in [3.8, 4) is 5.75 Å². The third kappa shape index (κ3) is 6.20. The Morgan fingerprint density at radius 1 is 1.12 bits per heavy atom. The zero-order chi connectivity index (χ0) is 12.0. The lowest BCUT2D eigenvalue weighted by Crippen LogP contribution is -2.02. The van der Waals surface area contributed by atoms with Crippen molar-refractivity contribution < 1.29 is 13.2 Å². The van der Waals surface area contributed by atoms with Crippen LogP contribution in [0.1, 0.15) is 12.8 Å². The van der Waals surface area contributed by atoms with E-state index in [0.29, 0.717) is 24.5 Å². The van der Waals surface area contributed by atoms with Gasteiger partial charge in [0, 0.05) is 15.7 Å². The van der Waals surface area contributed by atoms with Gasteiger partial charge in [-0.2, -0.15) is 0 Å². The molecule has 0 radical (unpaired) electrons. The van der Waals surface area contributed by atoms with Gasteiger partial charge in [0.15, 0.2) is 0 Å². The molecule has 0 fully saturated rings. The highest BCUT2D eigenvalue weighted by Gasteiger charge is 2.03. The summed E-state index contributed by atoms with van der Waals surface area (Å²) in [7, 11) is 1.69. The molecule has 1 aromatic carbocycles. The average molecular weight is 283 g/mol. The number of hydrogen-bond acceptors (Lipinski definition) is 3. The van der Waals surface area contributed by atoms with Crippen LogP contribution in [-0.4, -0.2) is 20.8 Å². The van der Waals surface area contributed by atoms with Crippen molar-refractivity contribution >= 4 is 31.3 Å². The van der Waals surface area contributed by atoms with Gasteiger partial charge in [-0.1, -0.05) is 11.6 Å². The molecule has 1 aromatic rings. The molecule has 0 aliphatic heterocycles. The Balaban J connectivity index is 2.19. The Hall–Kier alpha value is -0.450. The third-order valence-electron chi connectivity index (χ3n) is 1.86. The molecule has 0 N–H and O–H groups in total. The van der Waals surface area contributed by atoms with Crippen LogP contribution in [0.3, 0.4) is 0 Å². The Kier molecular flexibility index (Phi) is 5.38. The normalized spacial score (nSPS) is 11.4. The molecule has 0 saturated heterocycles. The lowest BCUT2D eigenvalue weighted by molar-refractivity contribution is 0.309. The first-order chi connectivity index (χ1) is 7.47. The number of unbranched alkanes of at least 4 members (excludes halogenated alkanes) is 1. The zero-order valence-corrected chi connectivity index (χ0v) is 10.9. The highest BCUT2D eigenvalue weighted by Crippen LogP contribution is 2.15. The van der Waals surface area contributed by atoms with Crippen molar-refractivity contribution in [2.24, 2.45) is 0 Å². The quantitative estimate of drug-likeness (QED) is 0.595. The molecule has 0 aliphatic carbocycles. The summed E-state index contributed by atoms with van der Waals surface area (Å²) in [6, 6.07) is 7.00. The second-order valence-corrected chi connectivity index (χ2v) is 6.59. The van der Waals surface area contributed by atoms with Crippen LogP contribution in [0.15, 0.2) is 24.3 Å². The molecular formula is C10H12Cl2O3S. The summed E-state index contributed by atoms with van der Waals surface area (Å²) >= 11 is 5.71. The maximum Gasteiger partial charge on any atom is 0.232 e. The minimum atomic E-state index is -3.38. The molecular weight excluding hydrogens is 271 g/mol. The summed E-state index contributed by atoms with van der Waals surface area (Å²) in [4.78, 5) is 0. The average Bonchev–Trinajstić information content (AvgIpc) is 2.19. The van der Waals surface area contributed by atoms with Gasteiger partial charge in [-0.25, -0.2) is 8.42 Å². The second kappa shape index (κ2) is 6.33. The highest BCUT2D eigenvalue weighted by molar-refractivity contribution is 8.13. The van der Waals surface area contributed by atoms with Crippen molar-refractivity contribution in [3.05, 3.63) is 29.3 Å². The van der Waals surface area contributed by atoms with Gasteiger partial charge in [0.25, 0.3) is 0 Å². The van der Waals surface area contributed by atoms with Crippen LogP contribution >= 0.6 is 22.3 Å². The van der Waals surface area contributed by atoms with Crippen LogP contribution < -0.4 is 4.74 Å². The first-order valence-electron chi connectivity index (χ1n) is 4.78. The Bertz CT molecular complexity index is 414. The predicted molar refractivity (Wildman–Crippen MR) is 65.8 cm³/mol. The van der Waals surface area contributed by atoms with Gasteiger partial charge in [0.05, 0.1) is 12.4 Å². The molecule has 0 heterocycles. The molecule has 3 nitrogen and oxygen atoms in total. The van der Waals surface area contributed by atoms with Gasteiger partial charge in [-0.3, -0.25) is 0 Å². The van der Waals surface area contributed by atoms with E-state index in [9.17, 15) is 8.42 Å². The molecule has 16 heavy (non-hydrogen) atoms. The van der Waals surface area contributed by atoms with Crippen LogP contribution in [0.2, 0.25) is 5.02 Å². The molecule has 0 bridgehead atoms. The number of ether oxygens (including phenoxy) is 1. The van der Waals surface area contributed by atoms with E-state index in [1.54, 1.807) is 24.3 Å². The summed E-state index contributed by atoms with van der Waals surface area (Å²) in [6.07, 6.45) is 1.15. The smallest absolute Gasteiger partial charge is 0.232 e. The second-order valence-electron chi connectivity index (χ2n) is 3.25. The number of rotatable bonds is 6. The lowest BCUT2D eigenvalue weighted by Gasteiger charge is -2.05. The van der Waals surface area contributed by atoms with Crippen molar-refractivity contribution in [2.45, 2.75) is 12.8 Å². The summed E-state index contributed by atoms with van der Waals surface area (Å²) in [5, 5.41) is 0.653. The molecule has 0 aromatic heterocycles. The van der Waals surface area contributed by atoms with Gasteiger partial charge in [0.2, 0.25) is 9.05 Å². The molecule has 6 heteroatoms. The van der Waals surface area contributed by atoms with E-state index in [0.717, 1.165) is 5.75 Å². The van der Waals surface area contributed by atoms with Crippen molar-refractivity contribution in [1.82, 2.24) is 0 Å². The van der Waals surface area contributed by atoms with Gasteiger partial charge in [-0.05, 0) is 37.1 Å². The lowest BCUT2D eigenvalue weighted by atomic mass is 10.3. The molecule has 0 saturated carbocycles. The van der Waals surface area contributed by atoms with Crippen LogP contribution in [0, 0.1) is 0 Å². The summed E-state index contributed by atoms with van der Waals surface area (Å²) < 4.78 is 26.6. The molecule has 0 unspecified atom stereocenters. The van der Waals surface area contributed by atoms with Crippen LogP contribution in [0.5, 0.6) is 5.75 Å². The first-order valence-corrected chi connectivity index (χ1v) is 7.64. The highest BCUT2D eigenvalue weighted by atomic mass is 35.7. The van der Waals surface area contributed by atoms with Gasteiger partial charge < -0.3 is 4.74 Å². The van der Waals surface area contributed by atoms with E-state index in [1.165, 1.54) is 0 Å². The van der Waals surface area contributed by atoms with E-state index in [1.807, 2.05) is 0 Å². The Morgan fingerprint density at radius 2 is 1.75 bits per heavy atom. The molecule has 1 rings (SSSR count). The third-order valence-corrected chi connectivity index (χ3v) is 3.36. The topological polar surface area (TPSA) is 43.4 Å². The molecule has 0 amide bonds. The number of hydrogen-bond donors (Lipinski definition) is 0. The fourth-order valence-corrected chi connectivity index (χ4v) is 2.10. The standard InChI is InChI=1S/C10H12Cl2O3S/c11-9-3-5-10(6-4-9)15-7-1-2-8-16(12,13)14/h3-6H,1-2,7-8H2. The molecule has 0 atom stereocenters. The summed E-state index contributed by atoms with van der Waals surface area (Å²) in [5.74, 6) is 0.705. The fourth-order valence-electron chi connectivity index (χ4n) is 1.10. The van der Waals surface area contributed by atoms with E-state index in [2.05, 4.69) is 0 Å². The maximum atomic E-state index is 10.6. The van der Waals surface area contributed by atoms with Crippen molar-refractivity contribution in [3.63, 3.8) is 0 Å². The molecule has 0 spiro atoms. The van der Waals surface area contributed by atoms with Crippen LogP contribution in [0.4, 0.5) is 0 Å². The van der Waals surface area contributed by atoms with Gasteiger partial charge in [0.1, 0.15) is 5.75 Å². The Labute approximate surface area is 105 Å². The zero-order valence-electron chi connectivity index (χ0n) is 8.53. The minimum Gasteiger partial charge on any atom is -0.494 e. The monoisotopic (exact) mass is 282 g/mol. The first kappa shape index (κ1) is 13.6. The molecule has 0 aliphatic rings. The fraction of sp³-hybridized carbons (Fsp3) is 0.400. The molecule has 90 valence electrons. The van der Waals surface area contributed by atoms with E-state index in [4.69, 9.17) is 27.0 Å². The van der Waals surface area contributed by atoms with E-state index >= 15 is 0 Å². The SMILES string of the molecule is O=S(=O)(Cl)CCCCOc1ccc(Cl)cc1. The van der Waals surface area contributed by atoms with Crippen molar-refractivity contribution in [2.75, 3.05) is 12.4 Å². The van der Waals surface area contributed by atoms with Gasteiger partial charge >= 0.3 is 0 Å². The maximum absolute atomic E-state index is 10.6. The van der Waals surface area contributed by atoms with Crippen LogP contribution in [-0.2, 0) is 9.05 Å². The summed E-state index contributed by atoms with van der Waals surface area (Å²) in [5.41, 5.74) is 0. The van der Waals surface area contributed by atoms with E-state index in [-0.39, 0.29) is 5.75 Å². The number of halogens is 2. The van der Waals surface area contributed by atoms with E-state index < -0.39 is 9.05 Å². The van der Waals surface area contributed by atoms with Crippen LogP contribution in [0.25, 0.3) is 0 Å².